The second-order valence-corrected chi connectivity index (χ2v) is 4.48. The normalized spacial score (nSPS) is 27.1. The van der Waals surface area contributed by atoms with Crippen molar-refractivity contribution in [2.24, 2.45) is 0 Å². The van der Waals surface area contributed by atoms with Crippen molar-refractivity contribution in [1.29, 1.82) is 0 Å². The SMILES string of the molecule is CN(C)C1CCCC1c1ccccc1. The van der Waals surface area contributed by atoms with Gasteiger partial charge in [-0.05, 0) is 38.4 Å². The van der Waals surface area contributed by atoms with Crippen LogP contribution in [0.4, 0.5) is 0 Å². The van der Waals surface area contributed by atoms with Crippen molar-refractivity contribution in [3.8, 4) is 0 Å². The van der Waals surface area contributed by atoms with Crippen molar-refractivity contribution in [2.45, 2.75) is 31.2 Å². The number of benzene rings is 1. The molecule has 0 N–H and O–H groups in total. The number of nitrogens with zero attached hydrogens (tertiary/aromatic N) is 1. The molecule has 0 aliphatic heterocycles. The van der Waals surface area contributed by atoms with Gasteiger partial charge in [-0.15, -0.1) is 0 Å². The van der Waals surface area contributed by atoms with Gasteiger partial charge in [0.2, 0.25) is 0 Å². The molecule has 2 rings (SSSR count). The molecule has 0 spiro atoms. The molecular weight excluding hydrogens is 170 g/mol. The monoisotopic (exact) mass is 189 g/mol. The van der Waals surface area contributed by atoms with E-state index >= 15 is 0 Å². The van der Waals surface area contributed by atoms with Crippen molar-refractivity contribution >= 4 is 0 Å². The molecule has 1 aromatic carbocycles. The average molecular weight is 189 g/mol. The lowest BCUT2D eigenvalue weighted by atomic mass is 9.93. The highest BCUT2D eigenvalue weighted by molar-refractivity contribution is 5.22. The maximum absolute atomic E-state index is 2.38. The zero-order valence-electron chi connectivity index (χ0n) is 9.11. The molecule has 1 aromatic rings. The molecule has 1 nitrogen and oxygen atoms in total. The second kappa shape index (κ2) is 4.14. The van der Waals surface area contributed by atoms with Crippen LogP contribution in [0, 0.1) is 0 Å². The molecule has 0 amide bonds. The smallest absolute Gasteiger partial charge is 0.0158 e. The minimum absolute atomic E-state index is 0.748. The molecule has 0 saturated heterocycles. The fourth-order valence-electron chi connectivity index (χ4n) is 2.65. The quantitative estimate of drug-likeness (QED) is 0.691. The molecule has 76 valence electrons. The van der Waals surface area contributed by atoms with E-state index < -0.39 is 0 Å². The Balaban J connectivity index is 2.18. The summed E-state index contributed by atoms with van der Waals surface area (Å²) >= 11 is 0. The highest BCUT2D eigenvalue weighted by Crippen LogP contribution is 2.36. The fourth-order valence-corrected chi connectivity index (χ4v) is 2.65. The molecule has 1 aliphatic carbocycles. The summed E-state index contributed by atoms with van der Waals surface area (Å²) in [5, 5.41) is 0. The van der Waals surface area contributed by atoms with Crippen LogP contribution in [-0.4, -0.2) is 25.0 Å². The summed E-state index contributed by atoms with van der Waals surface area (Å²) in [5.74, 6) is 0.756. The molecule has 1 aliphatic rings. The van der Waals surface area contributed by atoms with Gasteiger partial charge in [-0.25, -0.2) is 0 Å². The van der Waals surface area contributed by atoms with Gasteiger partial charge in [-0.3, -0.25) is 0 Å². The highest BCUT2D eigenvalue weighted by Gasteiger charge is 2.29. The highest BCUT2D eigenvalue weighted by atomic mass is 15.1. The second-order valence-electron chi connectivity index (χ2n) is 4.48. The van der Waals surface area contributed by atoms with E-state index in [0.717, 1.165) is 12.0 Å². The van der Waals surface area contributed by atoms with Crippen LogP contribution >= 0.6 is 0 Å². The van der Waals surface area contributed by atoms with E-state index in [-0.39, 0.29) is 0 Å². The van der Waals surface area contributed by atoms with Crippen LogP contribution in [0.2, 0.25) is 0 Å². The molecule has 1 heteroatoms. The number of hydrogen-bond acceptors (Lipinski definition) is 1. The Hall–Kier alpha value is -0.820. The summed E-state index contributed by atoms with van der Waals surface area (Å²) in [6.45, 7) is 0. The van der Waals surface area contributed by atoms with E-state index in [1.54, 1.807) is 0 Å². The maximum Gasteiger partial charge on any atom is 0.0158 e. The maximum atomic E-state index is 2.38. The third kappa shape index (κ3) is 1.83. The Bertz CT molecular complexity index is 279. The Morgan fingerprint density at radius 3 is 2.43 bits per heavy atom. The van der Waals surface area contributed by atoms with Crippen LogP contribution in [0.3, 0.4) is 0 Å². The van der Waals surface area contributed by atoms with Crippen molar-refractivity contribution in [2.75, 3.05) is 14.1 Å². The first kappa shape index (κ1) is 9.72. The minimum Gasteiger partial charge on any atom is -0.306 e. The molecular formula is C13H19N. The van der Waals surface area contributed by atoms with Crippen LogP contribution in [0.1, 0.15) is 30.7 Å². The first-order chi connectivity index (χ1) is 6.79. The van der Waals surface area contributed by atoms with E-state index in [4.69, 9.17) is 0 Å². The van der Waals surface area contributed by atoms with E-state index in [9.17, 15) is 0 Å². The van der Waals surface area contributed by atoms with E-state index in [1.165, 1.54) is 24.8 Å². The topological polar surface area (TPSA) is 3.24 Å². The Labute approximate surface area is 86.7 Å². The van der Waals surface area contributed by atoms with Crippen molar-refractivity contribution in [1.82, 2.24) is 4.90 Å². The van der Waals surface area contributed by atoms with Gasteiger partial charge < -0.3 is 4.90 Å². The lowest BCUT2D eigenvalue weighted by Gasteiger charge is -2.26. The third-order valence-electron chi connectivity index (χ3n) is 3.37. The molecule has 2 atom stereocenters. The van der Waals surface area contributed by atoms with E-state index in [0.29, 0.717) is 0 Å². The standard InChI is InChI=1S/C13H19N/c1-14(2)13-10-6-9-12(13)11-7-4-3-5-8-11/h3-5,7-8,12-13H,6,9-10H2,1-2H3. The molecule has 0 heterocycles. The van der Waals surface area contributed by atoms with Gasteiger partial charge in [0.05, 0.1) is 0 Å². The fraction of sp³-hybridized carbons (Fsp3) is 0.538. The molecule has 14 heavy (non-hydrogen) atoms. The molecule has 1 fully saturated rings. The lowest BCUT2D eigenvalue weighted by molar-refractivity contribution is 0.276. The first-order valence-corrected chi connectivity index (χ1v) is 5.50. The van der Waals surface area contributed by atoms with Crippen LogP contribution < -0.4 is 0 Å². The van der Waals surface area contributed by atoms with Gasteiger partial charge in [-0.2, -0.15) is 0 Å². The van der Waals surface area contributed by atoms with Gasteiger partial charge in [0, 0.05) is 6.04 Å². The van der Waals surface area contributed by atoms with Gasteiger partial charge in [0.15, 0.2) is 0 Å². The summed E-state index contributed by atoms with van der Waals surface area (Å²) in [6, 6.07) is 11.7. The molecule has 0 radical (unpaired) electrons. The summed E-state index contributed by atoms with van der Waals surface area (Å²) in [5.41, 5.74) is 1.52. The summed E-state index contributed by atoms with van der Waals surface area (Å²) in [4.78, 5) is 2.38. The minimum atomic E-state index is 0.748. The van der Waals surface area contributed by atoms with Gasteiger partial charge in [0.1, 0.15) is 0 Å². The Morgan fingerprint density at radius 1 is 1.07 bits per heavy atom. The van der Waals surface area contributed by atoms with E-state index in [2.05, 4.69) is 49.3 Å². The van der Waals surface area contributed by atoms with Gasteiger partial charge in [-0.1, -0.05) is 36.8 Å². The summed E-state index contributed by atoms with van der Waals surface area (Å²) in [6.07, 6.45) is 4.09. The summed E-state index contributed by atoms with van der Waals surface area (Å²) in [7, 11) is 4.40. The molecule has 0 bridgehead atoms. The Kier molecular flexibility index (Phi) is 2.87. The zero-order valence-corrected chi connectivity index (χ0v) is 9.11. The first-order valence-electron chi connectivity index (χ1n) is 5.50. The van der Waals surface area contributed by atoms with Crippen molar-refractivity contribution in [3.63, 3.8) is 0 Å². The molecule has 1 saturated carbocycles. The van der Waals surface area contributed by atoms with Crippen LogP contribution in [0.5, 0.6) is 0 Å². The Morgan fingerprint density at radius 2 is 1.79 bits per heavy atom. The van der Waals surface area contributed by atoms with Crippen LogP contribution in [0.15, 0.2) is 30.3 Å². The zero-order chi connectivity index (χ0) is 9.97. The van der Waals surface area contributed by atoms with Gasteiger partial charge in [0.25, 0.3) is 0 Å². The predicted octanol–water partition coefficient (Wildman–Crippen LogP) is 2.88. The number of rotatable bonds is 2. The van der Waals surface area contributed by atoms with Crippen LogP contribution in [0.25, 0.3) is 0 Å². The number of hydrogen-bond donors (Lipinski definition) is 0. The lowest BCUT2D eigenvalue weighted by Crippen LogP contribution is -2.29. The number of likely N-dealkylation sites (N-methyl/N-ethyl adjacent to an activating group) is 1. The predicted molar refractivity (Wildman–Crippen MR) is 60.5 cm³/mol. The largest absolute Gasteiger partial charge is 0.306 e. The van der Waals surface area contributed by atoms with Crippen LogP contribution in [-0.2, 0) is 0 Å². The van der Waals surface area contributed by atoms with Crippen molar-refractivity contribution in [3.05, 3.63) is 35.9 Å². The van der Waals surface area contributed by atoms with Crippen molar-refractivity contribution < 1.29 is 0 Å². The average Bonchev–Trinajstić information content (AvgIpc) is 2.67. The molecule has 0 aromatic heterocycles. The molecule has 2 unspecified atom stereocenters. The van der Waals surface area contributed by atoms with Gasteiger partial charge >= 0.3 is 0 Å². The summed E-state index contributed by atoms with van der Waals surface area (Å²) < 4.78 is 0. The third-order valence-corrected chi connectivity index (χ3v) is 3.37. The van der Waals surface area contributed by atoms with E-state index in [1.807, 2.05) is 0 Å².